The molecule has 0 fully saturated rings. The topological polar surface area (TPSA) is 73.3 Å². The van der Waals surface area contributed by atoms with Crippen LogP contribution in [-0.4, -0.2) is 29.7 Å². The molecule has 0 unspecified atom stereocenters. The summed E-state index contributed by atoms with van der Waals surface area (Å²) in [5, 5.41) is 3.74. The number of benzene rings is 1. The number of fused-ring (bicyclic) bond motifs is 1. The van der Waals surface area contributed by atoms with Gasteiger partial charge in [-0.25, -0.2) is 14.2 Å². The van der Waals surface area contributed by atoms with E-state index in [2.05, 4.69) is 31.2 Å². The molecule has 27 heavy (non-hydrogen) atoms. The number of carbonyl (C=O) groups excluding carboxylic acids is 1. The van der Waals surface area contributed by atoms with Crippen molar-refractivity contribution in [3.8, 4) is 5.88 Å². The van der Waals surface area contributed by atoms with Gasteiger partial charge in [0.05, 0.1) is 19.4 Å². The third-order valence-electron chi connectivity index (χ3n) is 3.88. The monoisotopic (exact) mass is 433 g/mol. The lowest BCUT2D eigenvalue weighted by molar-refractivity contribution is 0.0527. The number of ether oxygens (including phenoxy) is 2. The molecule has 2 aromatic heterocycles. The molecule has 0 aliphatic heterocycles. The summed E-state index contributed by atoms with van der Waals surface area (Å²) < 4.78 is 25.0. The van der Waals surface area contributed by atoms with E-state index in [1.54, 1.807) is 31.2 Å². The molecule has 0 atom stereocenters. The van der Waals surface area contributed by atoms with Crippen molar-refractivity contribution in [1.29, 1.82) is 0 Å². The van der Waals surface area contributed by atoms with Crippen LogP contribution in [0.1, 0.15) is 22.8 Å². The van der Waals surface area contributed by atoms with Crippen LogP contribution in [0, 0.1) is 5.82 Å². The first-order valence-electron chi connectivity index (χ1n) is 8.22. The quantitative estimate of drug-likeness (QED) is 0.583. The third-order valence-corrected chi connectivity index (χ3v) is 4.37. The van der Waals surface area contributed by atoms with Gasteiger partial charge in [0.1, 0.15) is 11.4 Å². The van der Waals surface area contributed by atoms with E-state index < -0.39 is 5.97 Å². The molecule has 3 aromatic rings. The van der Waals surface area contributed by atoms with Crippen molar-refractivity contribution in [2.24, 2.45) is 0 Å². The Hall–Kier alpha value is -2.74. The molecule has 8 heteroatoms. The summed E-state index contributed by atoms with van der Waals surface area (Å²) in [5.41, 5.74) is 1.60. The van der Waals surface area contributed by atoms with Crippen LogP contribution >= 0.6 is 15.9 Å². The molecular weight excluding hydrogens is 417 g/mol. The number of methoxy groups -OCH3 is 1. The smallest absolute Gasteiger partial charge is 0.341 e. The molecule has 0 saturated heterocycles. The number of carbonyl (C=O) groups is 1. The van der Waals surface area contributed by atoms with Crippen LogP contribution in [-0.2, 0) is 11.3 Å². The van der Waals surface area contributed by atoms with Gasteiger partial charge in [0.15, 0.2) is 5.65 Å². The Labute approximate surface area is 163 Å². The SMILES string of the molecule is CCOC(=O)c1cnc2nc(OC)ccc2c1NCc1ccc(Br)cc1F. The summed E-state index contributed by atoms with van der Waals surface area (Å²) >= 11 is 3.24. The van der Waals surface area contributed by atoms with Crippen LogP contribution in [0.2, 0.25) is 0 Å². The second-order valence-electron chi connectivity index (χ2n) is 5.58. The number of hydrogen-bond acceptors (Lipinski definition) is 6. The first kappa shape index (κ1) is 19.0. The Morgan fingerprint density at radius 3 is 2.81 bits per heavy atom. The van der Waals surface area contributed by atoms with Gasteiger partial charge in [0, 0.05) is 34.2 Å². The maximum Gasteiger partial charge on any atom is 0.341 e. The third kappa shape index (κ3) is 4.16. The van der Waals surface area contributed by atoms with Crippen molar-refractivity contribution < 1.29 is 18.7 Å². The minimum Gasteiger partial charge on any atom is -0.481 e. The fourth-order valence-corrected chi connectivity index (χ4v) is 2.91. The predicted molar refractivity (Wildman–Crippen MR) is 103 cm³/mol. The van der Waals surface area contributed by atoms with Crippen LogP contribution in [0.25, 0.3) is 11.0 Å². The zero-order valence-electron chi connectivity index (χ0n) is 14.8. The highest BCUT2D eigenvalue weighted by atomic mass is 79.9. The zero-order valence-corrected chi connectivity index (χ0v) is 16.3. The Kier molecular flexibility index (Phi) is 5.85. The molecule has 2 heterocycles. The van der Waals surface area contributed by atoms with E-state index in [-0.39, 0.29) is 24.5 Å². The normalized spacial score (nSPS) is 10.7. The molecule has 0 saturated carbocycles. The van der Waals surface area contributed by atoms with Crippen LogP contribution in [0.4, 0.5) is 10.1 Å². The van der Waals surface area contributed by atoms with E-state index in [1.807, 2.05) is 0 Å². The van der Waals surface area contributed by atoms with Crippen LogP contribution in [0.3, 0.4) is 0 Å². The number of pyridine rings is 2. The second kappa shape index (κ2) is 8.30. The first-order chi connectivity index (χ1) is 13.0. The number of esters is 1. The summed E-state index contributed by atoms with van der Waals surface area (Å²) in [6, 6.07) is 8.23. The average molecular weight is 434 g/mol. The second-order valence-corrected chi connectivity index (χ2v) is 6.50. The first-order valence-corrected chi connectivity index (χ1v) is 9.01. The van der Waals surface area contributed by atoms with Gasteiger partial charge in [0.25, 0.3) is 0 Å². The van der Waals surface area contributed by atoms with E-state index in [9.17, 15) is 9.18 Å². The van der Waals surface area contributed by atoms with Gasteiger partial charge in [-0.05, 0) is 25.1 Å². The highest BCUT2D eigenvalue weighted by molar-refractivity contribution is 9.10. The molecule has 0 aliphatic carbocycles. The van der Waals surface area contributed by atoms with Gasteiger partial charge in [-0.1, -0.05) is 22.0 Å². The minimum atomic E-state index is -0.513. The van der Waals surface area contributed by atoms with Gasteiger partial charge in [-0.2, -0.15) is 4.98 Å². The fraction of sp³-hybridized carbons (Fsp3) is 0.211. The van der Waals surface area contributed by atoms with Crippen LogP contribution in [0.5, 0.6) is 5.88 Å². The maximum atomic E-state index is 14.1. The number of nitrogens with one attached hydrogen (secondary N) is 1. The lowest BCUT2D eigenvalue weighted by Crippen LogP contribution is -2.12. The summed E-state index contributed by atoms with van der Waals surface area (Å²) in [6.45, 7) is 2.14. The summed E-state index contributed by atoms with van der Waals surface area (Å²) in [4.78, 5) is 20.8. The lowest BCUT2D eigenvalue weighted by atomic mass is 10.1. The van der Waals surface area contributed by atoms with Crippen LogP contribution in [0.15, 0.2) is 41.0 Å². The largest absolute Gasteiger partial charge is 0.481 e. The minimum absolute atomic E-state index is 0.177. The predicted octanol–water partition coefficient (Wildman–Crippen LogP) is 4.33. The summed E-state index contributed by atoms with van der Waals surface area (Å²) in [7, 11) is 1.51. The van der Waals surface area contributed by atoms with Crippen molar-refractivity contribution in [2.75, 3.05) is 19.0 Å². The highest BCUT2D eigenvalue weighted by Gasteiger charge is 2.18. The molecule has 0 spiro atoms. The number of rotatable bonds is 6. The van der Waals surface area contributed by atoms with Gasteiger partial charge < -0.3 is 14.8 Å². The van der Waals surface area contributed by atoms with Gasteiger partial charge in [-0.15, -0.1) is 0 Å². The molecule has 1 aromatic carbocycles. The molecule has 140 valence electrons. The maximum absolute atomic E-state index is 14.1. The molecule has 3 rings (SSSR count). The Morgan fingerprint density at radius 1 is 1.30 bits per heavy atom. The van der Waals surface area contributed by atoms with E-state index >= 15 is 0 Å². The Morgan fingerprint density at radius 2 is 2.11 bits per heavy atom. The number of anilines is 1. The number of aromatic nitrogens is 2. The Bertz CT molecular complexity index is 997. The van der Waals surface area contributed by atoms with Crippen molar-refractivity contribution in [2.45, 2.75) is 13.5 Å². The zero-order chi connectivity index (χ0) is 19.4. The summed E-state index contributed by atoms with van der Waals surface area (Å²) in [6.07, 6.45) is 1.40. The van der Waals surface area contributed by atoms with Gasteiger partial charge in [-0.3, -0.25) is 0 Å². The van der Waals surface area contributed by atoms with E-state index in [4.69, 9.17) is 9.47 Å². The molecule has 0 bridgehead atoms. The highest BCUT2D eigenvalue weighted by Crippen LogP contribution is 2.28. The molecule has 0 aliphatic rings. The molecule has 1 N–H and O–H groups in total. The van der Waals surface area contributed by atoms with Gasteiger partial charge >= 0.3 is 5.97 Å². The van der Waals surface area contributed by atoms with Gasteiger partial charge in [0.2, 0.25) is 5.88 Å². The van der Waals surface area contributed by atoms with E-state index in [0.717, 1.165) is 0 Å². The number of nitrogens with zero attached hydrogens (tertiary/aromatic N) is 2. The van der Waals surface area contributed by atoms with E-state index in [0.29, 0.717) is 32.6 Å². The molecule has 0 amide bonds. The lowest BCUT2D eigenvalue weighted by Gasteiger charge is -2.14. The van der Waals surface area contributed by atoms with Crippen molar-refractivity contribution >= 4 is 38.6 Å². The standard InChI is InChI=1S/C19H17BrFN3O3/c1-3-27-19(25)14-10-23-18-13(6-7-16(24-18)26-2)17(14)22-9-11-4-5-12(20)8-15(11)21/h4-8,10H,3,9H2,1-2H3,(H,22,23,24). The average Bonchev–Trinajstić information content (AvgIpc) is 2.66. The van der Waals surface area contributed by atoms with Crippen molar-refractivity contribution in [3.05, 3.63) is 57.9 Å². The van der Waals surface area contributed by atoms with E-state index in [1.165, 1.54) is 19.4 Å². The molecular formula is C19H17BrFN3O3. The van der Waals surface area contributed by atoms with Crippen LogP contribution < -0.4 is 10.1 Å². The summed E-state index contributed by atoms with van der Waals surface area (Å²) in [5.74, 6) is -0.460. The van der Waals surface area contributed by atoms with Crippen molar-refractivity contribution in [3.63, 3.8) is 0 Å². The number of halogens is 2. The Balaban J connectivity index is 2.03. The fourth-order valence-electron chi connectivity index (χ4n) is 2.58. The number of hydrogen-bond donors (Lipinski definition) is 1. The molecule has 6 nitrogen and oxygen atoms in total. The van der Waals surface area contributed by atoms with Crippen molar-refractivity contribution in [1.82, 2.24) is 9.97 Å². The molecule has 0 radical (unpaired) electrons.